The van der Waals surface area contributed by atoms with Gasteiger partial charge in [0, 0.05) is 24.3 Å². The number of hydrogen-bond acceptors (Lipinski definition) is 6. The SMILES string of the molecule is O=[N+]([O-])c1cccc(/C=C/c2c3nc(c(-c4cccc5ccccc45)c4ccc([n-]4)c(/C=C/c4cccc([N+](=O)[O-])c4)c4nc(c(-c5cccc6ccccc56)c5ccc2[n-]5)C=C4)C=C3)c1.[Zn+2]. The molecule has 0 unspecified atom stereocenters. The molecule has 8 bridgehead atoms. The second kappa shape index (κ2) is 17.7. The van der Waals surface area contributed by atoms with Crippen LogP contribution in [0.3, 0.4) is 0 Å². The predicted octanol–water partition coefficient (Wildman–Crippen LogP) is 13.7. The topological polar surface area (TPSA) is 140 Å². The summed E-state index contributed by atoms with van der Waals surface area (Å²) < 4.78 is 0. The first-order chi connectivity index (χ1) is 32.3. The van der Waals surface area contributed by atoms with Crippen LogP contribution in [0.1, 0.15) is 45.0 Å². The molecule has 11 rings (SSSR count). The Bertz CT molecular complexity index is 3550. The van der Waals surface area contributed by atoms with Gasteiger partial charge in [0.05, 0.1) is 32.6 Å². The summed E-state index contributed by atoms with van der Waals surface area (Å²) in [6.45, 7) is 0. The third-order valence-electron chi connectivity index (χ3n) is 11.9. The minimum atomic E-state index is -0.400. The van der Waals surface area contributed by atoms with E-state index in [9.17, 15) is 20.2 Å². The normalized spacial score (nSPS) is 12.1. The molecule has 2 aliphatic rings. The molecule has 10 nitrogen and oxygen atoms in total. The maximum absolute atomic E-state index is 11.7. The number of rotatable bonds is 8. The molecule has 314 valence electrons. The van der Waals surface area contributed by atoms with Crippen molar-refractivity contribution in [1.29, 1.82) is 0 Å². The zero-order valence-corrected chi connectivity index (χ0v) is 38.6. The molecule has 67 heavy (non-hydrogen) atoms. The van der Waals surface area contributed by atoms with Gasteiger partial charge in [-0.1, -0.05) is 158 Å². The summed E-state index contributed by atoms with van der Waals surface area (Å²) in [6.07, 6.45) is 15.5. The van der Waals surface area contributed by atoms with E-state index in [0.29, 0.717) is 56.0 Å². The molecule has 0 aliphatic carbocycles. The van der Waals surface area contributed by atoms with E-state index >= 15 is 0 Å². The van der Waals surface area contributed by atoms with E-state index in [2.05, 4.69) is 48.5 Å². The quantitative estimate of drug-likeness (QED) is 0.0833. The van der Waals surface area contributed by atoms with Crippen molar-refractivity contribution in [1.82, 2.24) is 19.9 Å². The molecule has 3 aromatic heterocycles. The van der Waals surface area contributed by atoms with Crippen molar-refractivity contribution in [2.45, 2.75) is 0 Å². The first kappa shape index (κ1) is 42.3. The number of nitro groups is 2. The summed E-state index contributed by atoms with van der Waals surface area (Å²) in [5.41, 5.74) is 11.6. The maximum atomic E-state index is 11.7. The average Bonchev–Trinajstić information content (AvgIpc) is 4.20. The molecule has 0 saturated heterocycles. The fourth-order valence-electron chi connectivity index (χ4n) is 8.75. The van der Waals surface area contributed by atoms with Gasteiger partial charge in [0.2, 0.25) is 0 Å². The van der Waals surface area contributed by atoms with Gasteiger partial charge < -0.3 is 9.97 Å². The van der Waals surface area contributed by atoms with Gasteiger partial charge in [-0.25, -0.2) is 9.97 Å². The third kappa shape index (κ3) is 8.09. The van der Waals surface area contributed by atoms with Crippen molar-refractivity contribution >= 4 is 104 Å². The number of hydrogen-bond donors (Lipinski definition) is 0. The van der Waals surface area contributed by atoms with E-state index in [-0.39, 0.29) is 30.9 Å². The van der Waals surface area contributed by atoms with Crippen molar-refractivity contribution in [3.63, 3.8) is 0 Å². The summed E-state index contributed by atoms with van der Waals surface area (Å²) in [4.78, 5) is 44.1. The fourth-order valence-corrected chi connectivity index (χ4v) is 8.75. The molecule has 5 heterocycles. The van der Waals surface area contributed by atoms with E-state index in [1.165, 1.54) is 12.1 Å². The van der Waals surface area contributed by atoms with Crippen LogP contribution in [0.15, 0.2) is 158 Å². The Morgan fingerprint density at radius 2 is 0.806 bits per heavy atom. The van der Waals surface area contributed by atoms with Crippen LogP contribution in [0, 0.1) is 20.2 Å². The van der Waals surface area contributed by atoms with Crippen LogP contribution in [-0.2, 0) is 19.5 Å². The smallest absolute Gasteiger partial charge is 0.657 e. The van der Waals surface area contributed by atoms with Gasteiger partial charge in [0.15, 0.2) is 0 Å². The van der Waals surface area contributed by atoms with E-state index in [4.69, 9.17) is 19.9 Å². The van der Waals surface area contributed by atoms with Crippen molar-refractivity contribution < 1.29 is 29.3 Å². The molecule has 0 spiro atoms. The molecular weight excluding hydrogens is 886 g/mol. The van der Waals surface area contributed by atoms with E-state index in [0.717, 1.165) is 54.9 Å². The van der Waals surface area contributed by atoms with Gasteiger partial charge >= 0.3 is 19.5 Å². The number of fused-ring (bicyclic) bond motifs is 10. The molecule has 0 N–H and O–H groups in total. The Labute approximate surface area is 396 Å². The zero-order valence-electron chi connectivity index (χ0n) is 35.7. The van der Waals surface area contributed by atoms with Crippen LogP contribution < -0.4 is 9.97 Å². The number of benzene rings is 6. The molecule has 0 atom stereocenters. The van der Waals surface area contributed by atoms with Crippen LogP contribution in [0.4, 0.5) is 11.4 Å². The second-order valence-corrected chi connectivity index (χ2v) is 15.9. The summed E-state index contributed by atoms with van der Waals surface area (Å²) >= 11 is 0. The molecule has 0 radical (unpaired) electrons. The van der Waals surface area contributed by atoms with Gasteiger partial charge in [0.25, 0.3) is 11.4 Å². The molecule has 6 aromatic carbocycles. The van der Waals surface area contributed by atoms with E-state index < -0.39 is 9.85 Å². The first-order valence-corrected chi connectivity index (χ1v) is 21.2. The summed E-state index contributed by atoms with van der Waals surface area (Å²) in [5.74, 6) is 0. The van der Waals surface area contributed by atoms with E-state index in [1.807, 2.05) is 121 Å². The van der Waals surface area contributed by atoms with Gasteiger partial charge in [-0.2, -0.15) is 0 Å². The maximum Gasteiger partial charge on any atom is 2.00 e. The molecule has 2 aliphatic heterocycles. The van der Waals surface area contributed by atoms with Crippen molar-refractivity contribution in [2.24, 2.45) is 0 Å². The third-order valence-corrected chi connectivity index (χ3v) is 11.9. The van der Waals surface area contributed by atoms with Crippen LogP contribution in [-0.4, -0.2) is 19.8 Å². The number of nitro benzene ring substituents is 2. The Hall–Kier alpha value is -8.66. The van der Waals surface area contributed by atoms with Crippen LogP contribution in [0.25, 0.3) is 114 Å². The number of non-ortho nitro benzene ring substituents is 2. The Balaban J connectivity index is 0.00000525. The first-order valence-electron chi connectivity index (χ1n) is 21.2. The van der Waals surface area contributed by atoms with Crippen molar-refractivity contribution in [3.05, 3.63) is 223 Å². The summed E-state index contributed by atoms with van der Waals surface area (Å²) in [5, 5.41) is 27.7. The minimum absolute atomic E-state index is 0. The van der Waals surface area contributed by atoms with Crippen molar-refractivity contribution in [3.8, 4) is 22.3 Å². The zero-order chi connectivity index (χ0) is 44.7. The summed E-state index contributed by atoms with van der Waals surface area (Å²) in [7, 11) is 0. The predicted molar refractivity (Wildman–Crippen MR) is 267 cm³/mol. The Morgan fingerprint density at radius 1 is 0.418 bits per heavy atom. The average molecular weight is 920 g/mol. The molecule has 11 heteroatoms. The van der Waals surface area contributed by atoms with Crippen LogP contribution in [0.5, 0.6) is 0 Å². The molecular formula is C56H34N6O4Zn. The second-order valence-electron chi connectivity index (χ2n) is 15.9. The minimum Gasteiger partial charge on any atom is -0.657 e. The Kier molecular flexibility index (Phi) is 11.2. The number of nitrogens with zero attached hydrogens (tertiary/aromatic N) is 6. The Morgan fingerprint density at radius 3 is 1.25 bits per heavy atom. The standard InChI is InChI=1S/C56H34N6O4.Zn/c63-61(64)39-15-5-9-35(33-39)21-23-45-47-25-29-51(57-47)55(43-19-7-13-37-11-1-3-17-41(37)43)52-30-26-48(58-52)46(24-22-36-10-6-16-40(34-36)62(65)66)50-28-32-54(60-50)56(53-31-27-49(45)59-53)44-20-8-14-38-12-2-4-18-42(38)44;/h1-34H;/q-2;+2/b23-21+,24-22+,47-45?,48-46?,49-45?,50-46?,55-51?,55-52?,56-53?,56-54?;. The van der Waals surface area contributed by atoms with Gasteiger partial charge in [-0.05, 0) is 90.4 Å². The van der Waals surface area contributed by atoms with Crippen LogP contribution in [0.2, 0.25) is 0 Å². The fraction of sp³-hybridized carbons (Fsp3) is 0. The van der Waals surface area contributed by atoms with Crippen molar-refractivity contribution in [2.75, 3.05) is 0 Å². The van der Waals surface area contributed by atoms with Crippen LogP contribution >= 0.6 is 0 Å². The molecule has 0 amide bonds. The van der Waals surface area contributed by atoms with Gasteiger partial charge in [0.1, 0.15) is 0 Å². The summed E-state index contributed by atoms with van der Waals surface area (Å²) in [6, 6.07) is 49.8. The molecule has 9 aromatic rings. The number of aromatic nitrogens is 4. The monoisotopic (exact) mass is 918 g/mol. The van der Waals surface area contributed by atoms with E-state index in [1.54, 1.807) is 24.3 Å². The van der Waals surface area contributed by atoms with Gasteiger partial charge in [-0.15, -0.1) is 22.1 Å². The molecule has 0 fully saturated rings. The molecule has 0 saturated carbocycles. The van der Waals surface area contributed by atoms with Gasteiger partial charge in [-0.3, -0.25) is 20.2 Å². The largest absolute Gasteiger partial charge is 2.00 e.